The van der Waals surface area contributed by atoms with Crippen molar-refractivity contribution >= 4 is 17.4 Å². The maximum Gasteiger partial charge on any atom is 0.295 e. The van der Waals surface area contributed by atoms with Gasteiger partial charge >= 0.3 is 0 Å². The van der Waals surface area contributed by atoms with E-state index in [4.69, 9.17) is 9.47 Å². The summed E-state index contributed by atoms with van der Waals surface area (Å²) in [7, 11) is 1.54. The molecular formula is C24H27NO5. The third kappa shape index (κ3) is 4.54. The molecule has 6 nitrogen and oxygen atoms in total. The van der Waals surface area contributed by atoms with Crippen LogP contribution in [0.1, 0.15) is 36.9 Å². The van der Waals surface area contributed by atoms with E-state index >= 15 is 0 Å². The van der Waals surface area contributed by atoms with Crippen molar-refractivity contribution in [2.75, 3.05) is 26.9 Å². The fourth-order valence-corrected chi connectivity index (χ4v) is 3.51. The number of ketones is 1. The van der Waals surface area contributed by atoms with Crippen LogP contribution in [0.15, 0.2) is 60.2 Å². The highest BCUT2D eigenvalue weighted by atomic mass is 16.5. The molecule has 30 heavy (non-hydrogen) atoms. The van der Waals surface area contributed by atoms with Gasteiger partial charge in [0.05, 0.1) is 24.8 Å². The molecule has 6 heteroatoms. The molecule has 0 spiro atoms. The van der Waals surface area contributed by atoms with Crippen LogP contribution in [0.3, 0.4) is 0 Å². The zero-order valence-electron chi connectivity index (χ0n) is 17.3. The molecule has 0 radical (unpaired) electrons. The van der Waals surface area contributed by atoms with E-state index in [1.54, 1.807) is 24.3 Å². The van der Waals surface area contributed by atoms with Gasteiger partial charge in [-0.25, -0.2) is 0 Å². The SMILES string of the molecule is CCCCOc1cccc(C2C(=C(O)c3ccccc3)C(=O)C(=O)N2CCOC)c1. The number of unbranched alkanes of at least 4 members (excludes halogenated alkanes) is 1. The summed E-state index contributed by atoms with van der Waals surface area (Å²) in [6.07, 6.45) is 1.96. The summed E-state index contributed by atoms with van der Waals surface area (Å²) in [6, 6.07) is 15.4. The number of aliphatic hydroxyl groups is 1. The predicted octanol–water partition coefficient (Wildman–Crippen LogP) is 3.93. The van der Waals surface area contributed by atoms with Gasteiger partial charge in [0.25, 0.3) is 11.7 Å². The summed E-state index contributed by atoms with van der Waals surface area (Å²) >= 11 is 0. The van der Waals surface area contributed by atoms with Crippen LogP contribution in [0.5, 0.6) is 5.75 Å². The molecule has 2 aromatic carbocycles. The van der Waals surface area contributed by atoms with Crippen molar-refractivity contribution < 1.29 is 24.2 Å². The lowest BCUT2D eigenvalue weighted by atomic mass is 9.95. The van der Waals surface area contributed by atoms with Crippen LogP contribution in [-0.2, 0) is 14.3 Å². The van der Waals surface area contributed by atoms with E-state index in [9.17, 15) is 14.7 Å². The predicted molar refractivity (Wildman–Crippen MR) is 114 cm³/mol. The summed E-state index contributed by atoms with van der Waals surface area (Å²) in [6.45, 7) is 3.19. The molecule has 1 N–H and O–H groups in total. The Kier molecular flexibility index (Phi) is 7.25. The fourth-order valence-electron chi connectivity index (χ4n) is 3.51. The van der Waals surface area contributed by atoms with Crippen molar-refractivity contribution in [2.45, 2.75) is 25.8 Å². The van der Waals surface area contributed by atoms with E-state index in [0.29, 0.717) is 23.5 Å². The Hall–Kier alpha value is -3.12. The second kappa shape index (κ2) is 10.1. The van der Waals surface area contributed by atoms with Gasteiger partial charge in [-0.3, -0.25) is 9.59 Å². The Morgan fingerprint density at radius 1 is 1.07 bits per heavy atom. The highest BCUT2D eigenvalue weighted by Gasteiger charge is 2.45. The maximum atomic E-state index is 12.9. The van der Waals surface area contributed by atoms with Crippen molar-refractivity contribution in [2.24, 2.45) is 0 Å². The topological polar surface area (TPSA) is 76.1 Å². The zero-order valence-corrected chi connectivity index (χ0v) is 17.3. The second-order valence-corrected chi connectivity index (χ2v) is 7.13. The molecule has 0 bridgehead atoms. The number of ether oxygens (including phenoxy) is 2. The minimum atomic E-state index is -0.713. The number of hydrogen-bond acceptors (Lipinski definition) is 5. The monoisotopic (exact) mass is 409 g/mol. The van der Waals surface area contributed by atoms with Crippen LogP contribution in [-0.4, -0.2) is 48.6 Å². The molecule has 1 heterocycles. The molecule has 0 aromatic heterocycles. The average molecular weight is 409 g/mol. The normalized spacial score (nSPS) is 18.1. The van der Waals surface area contributed by atoms with E-state index in [1.165, 1.54) is 12.0 Å². The smallest absolute Gasteiger partial charge is 0.295 e. The maximum absolute atomic E-state index is 12.9. The van der Waals surface area contributed by atoms with Crippen molar-refractivity contribution in [3.05, 3.63) is 71.3 Å². The highest BCUT2D eigenvalue weighted by Crippen LogP contribution is 2.40. The van der Waals surface area contributed by atoms with Crippen molar-refractivity contribution in [3.63, 3.8) is 0 Å². The van der Waals surface area contributed by atoms with Gasteiger partial charge in [0.15, 0.2) is 0 Å². The summed E-state index contributed by atoms with van der Waals surface area (Å²) in [4.78, 5) is 27.1. The first-order valence-corrected chi connectivity index (χ1v) is 10.1. The van der Waals surface area contributed by atoms with Crippen LogP contribution in [0, 0.1) is 0 Å². The Balaban J connectivity index is 2.06. The lowest BCUT2D eigenvalue weighted by Gasteiger charge is -2.25. The van der Waals surface area contributed by atoms with E-state index < -0.39 is 17.7 Å². The number of aliphatic hydroxyl groups excluding tert-OH is 1. The lowest BCUT2D eigenvalue weighted by Crippen LogP contribution is -2.32. The van der Waals surface area contributed by atoms with E-state index in [0.717, 1.165) is 12.8 Å². The Bertz CT molecular complexity index is 922. The van der Waals surface area contributed by atoms with Crippen molar-refractivity contribution in [3.8, 4) is 5.75 Å². The number of methoxy groups -OCH3 is 1. The van der Waals surface area contributed by atoms with Gasteiger partial charge < -0.3 is 19.5 Å². The van der Waals surface area contributed by atoms with Crippen molar-refractivity contribution in [1.29, 1.82) is 0 Å². The van der Waals surface area contributed by atoms with Crippen molar-refractivity contribution in [1.82, 2.24) is 4.90 Å². The lowest BCUT2D eigenvalue weighted by molar-refractivity contribution is -0.140. The molecule has 1 aliphatic heterocycles. The summed E-state index contributed by atoms with van der Waals surface area (Å²) in [5, 5.41) is 10.9. The number of likely N-dealkylation sites (tertiary alicyclic amines) is 1. The largest absolute Gasteiger partial charge is 0.507 e. The van der Waals surface area contributed by atoms with Gasteiger partial charge in [0.2, 0.25) is 0 Å². The van der Waals surface area contributed by atoms with Crippen LogP contribution in [0.2, 0.25) is 0 Å². The average Bonchev–Trinajstić information content (AvgIpc) is 3.03. The number of hydrogen-bond donors (Lipinski definition) is 1. The third-order valence-corrected chi connectivity index (χ3v) is 5.06. The number of amides is 1. The first kappa shape index (κ1) is 21.6. The molecular weight excluding hydrogens is 382 g/mol. The molecule has 1 atom stereocenters. The summed E-state index contributed by atoms with van der Waals surface area (Å²) in [5.74, 6) is -0.865. The molecule has 1 fully saturated rings. The highest BCUT2D eigenvalue weighted by molar-refractivity contribution is 6.46. The molecule has 1 aliphatic rings. The number of carbonyl (C=O) groups is 2. The molecule has 0 aliphatic carbocycles. The third-order valence-electron chi connectivity index (χ3n) is 5.06. The molecule has 1 unspecified atom stereocenters. The summed E-state index contributed by atoms with van der Waals surface area (Å²) in [5.41, 5.74) is 1.27. The van der Waals surface area contributed by atoms with Crippen LogP contribution in [0.25, 0.3) is 5.76 Å². The van der Waals surface area contributed by atoms with E-state index in [-0.39, 0.29) is 24.5 Å². The summed E-state index contributed by atoms with van der Waals surface area (Å²) < 4.78 is 10.9. The quantitative estimate of drug-likeness (QED) is 0.294. The van der Waals surface area contributed by atoms with Gasteiger partial charge in [-0.05, 0) is 24.1 Å². The number of nitrogens with zero attached hydrogens (tertiary/aromatic N) is 1. The van der Waals surface area contributed by atoms with Crippen LogP contribution >= 0.6 is 0 Å². The molecule has 1 saturated heterocycles. The van der Waals surface area contributed by atoms with Gasteiger partial charge in [-0.15, -0.1) is 0 Å². The first-order chi connectivity index (χ1) is 14.6. The molecule has 0 saturated carbocycles. The standard InChI is InChI=1S/C24H27NO5/c1-3-4-14-30-19-12-8-11-18(16-19)21-20(22(26)17-9-6-5-7-10-17)23(27)24(28)25(21)13-15-29-2/h5-12,16,21,26H,3-4,13-15H2,1-2H3. The van der Waals surface area contributed by atoms with Crippen LogP contribution in [0.4, 0.5) is 0 Å². The van der Waals surface area contributed by atoms with Crippen LogP contribution < -0.4 is 4.74 Å². The minimum Gasteiger partial charge on any atom is -0.507 e. The Labute approximate surface area is 176 Å². The van der Waals surface area contributed by atoms with E-state index in [2.05, 4.69) is 6.92 Å². The number of Topliss-reactive ketones (excluding diaryl/α,β-unsaturated/α-hetero) is 1. The molecule has 3 rings (SSSR count). The Morgan fingerprint density at radius 3 is 2.53 bits per heavy atom. The van der Waals surface area contributed by atoms with Gasteiger partial charge in [0, 0.05) is 19.2 Å². The van der Waals surface area contributed by atoms with Gasteiger partial charge in [-0.2, -0.15) is 0 Å². The molecule has 158 valence electrons. The van der Waals surface area contributed by atoms with Gasteiger partial charge in [0.1, 0.15) is 11.5 Å². The van der Waals surface area contributed by atoms with Gasteiger partial charge in [-0.1, -0.05) is 55.8 Å². The molecule has 1 amide bonds. The second-order valence-electron chi connectivity index (χ2n) is 7.13. The molecule has 2 aromatic rings. The Morgan fingerprint density at radius 2 is 1.83 bits per heavy atom. The minimum absolute atomic E-state index is 0.0769. The fraction of sp³-hybridized carbons (Fsp3) is 0.333. The first-order valence-electron chi connectivity index (χ1n) is 10.1. The number of carbonyl (C=O) groups excluding carboxylic acids is 2. The van der Waals surface area contributed by atoms with E-state index in [1.807, 2.05) is 30.3 Å². The zero-order chi connectivity index (χ0) is 21.5. The number of rotatable bonds is 9. The number of benzene rings is 2.